The highest BCUT2D eigenvalue weighted by molar-refractivity contribution is 6.16. The van der Waals surface area contributed by atoms with Gasteiger partial charge >= 0.3 is 12.1 Å². The summed E-state index contributed by atoms with van der Waals surface area (Å²) in [5.41, 5.74) is 0. The number of hydrogen-bond donors (Lipinski definition) is 0. The molecule has 0 aromatic rings. The predicted molar refractivity (Wildman–Crippen MR) is 32.1 cm³/mol. The van der Waals surface area contributed by atoms with Gasteiger partial charge in [0.2, 0.25) is 11.8 Å². The lowest BCUT2D eigenvalue weighted by Crippen LogP contribution is -2.44. The number of alkyl halides is 3. The summed E-state index contributed by atoms with van der Waals surface area (Å²) in [6.45, 7) is 0. The molecule has 0 unspecified atom stereocenters. The zero-order valence-corrected chi connectivity index (χ0v) is 6.22. The van der Waals surface area contributed by atoms with E-state index >= 15 is 0 Å². The third-order valence-corrected chi connectivity index (χ3v) is 1.50. The van der Waals surface area contributed by atoms with Crippen LogP contribution in [0, 0.1) is 0 Å². The first-order valence-corrected chi connectivity index (χ1v) is 3.31. The van der Waals surface area contributed by atoms with Crippen molar-refractivity contribution >= 4 is 17.7 Å². The van der Waals surface area contributed by atoms with Crippen LogP contribution in [0.15, 0.2) is 0 Å². The monoisotopic (exact) mass is 195 g/mol. The Morgan fingerprint density at radius 1 is 1.15 bits per heavy atom. The fraction of sp³-hybridized carbons (Fsp3) is 0.500. The van der Waals surface area contributed by atoms with Crippen molar-refractivity contribution in [1.82, 2.24) is 4.90 Å². The van der Waals surface area contributed by atoms with Gasteiger partial charge in [-0.05, 0) is 0 Å². The summed E-state index contributed by atoms with van der Waals surface area (Å²) in [6, 6.07) is 0. The second-order valence-corrected chi connectivity index (χ2v) is 2.43. The van der Waals surface area contributed by atoms with Crippen LogP contribution < -0.4 is 0 Å². The second-order valence-electron chi connectivity index (χ2n) is 2.43. The van der Waals surface area contributed by atoms with Crippen molar-refractivity contribution in [2.45, 2.75) is 19.0 Å². The van der Waals surface area contributed by atoms with Crippen molar-refractivity contribution in [3.05, 3.63) is 0 Å². The Bertz CT molecular complexity index is 267. The maximum Gasteiger partial charge on any atom is 0.472 e. The van der Waals surface area contributed by atoms with Crippen molar-refractivity contribution in [2.24, 2.45) is 0 Å². The Hall–Kier alpha value is -1.40. The first-order valence-electron chi connectivity index (χ1n) is 3.31. The van der Waals surface area contributed by atoms with E-state index in [1.807, 2.05) is 0 Å². The Morgan fingerprint density at radius 3 is 1.85 bits per heavy atom. The lowest BCUT2D eigenvalue weighted by Gasteiger charge is -2.13. The molecular weight excluding hydrogens is 191 g/mol. The fourth-order valence-corrected chi connectivity index (χ4v) is 0.930. The van der Waals surface area contributed by atoms with Crippen molar-refractivity contribution in [3.8, 4) is 0 Å². The number of hydrogen-bond acceptors (Lipinski definition) is 3. The van der Waals surface area contributed by atoms with E-state index in [0.717, 1.165) is 0 Å². The molecule has 0 radical (unpaired) electrons. The third kappa shape index (κ3) is 1.68. The predicted octanol–water partition coefficient (Wildman–Crippen LogP) is 0.224. The number of imide groups is 3. The summed E-state index contributed by atoms with van der Waals surface area (Å²) in [4.78, 5) is 31.4. The minimum Gasteiger partial charge on any atom is -0.274 e. The molecule has 7 heteroatoms. The van der Waals surface area contributed by atoms with Gasteiger partial charge in [0.15, 0.2) is 0 Å². The maximum absolute atomic E-state index is 11.8. The van der Waals surface area contributed by atoms with Gasteiger partial charge in [-0.3, -0.25) is 14.4 Å². The first-order chi connectivity index (χ1) is 5.84. The van der Waals surface area contributed by atoms with Crippen LogP contribution in [0.1, 0.15) is 12.8 Å². The molecule has 1 fully saturated rings. The Morgan fingerprint density at radius 2 is 1.54 bits per heavy atom. The quantitative estimate of drug-likeness (QED) is 0.519. The molecule has 0 saturated carbocycles. The van der Waals surface area contributed by atoms with E-state index in [-0.39, 0.29) is 17.7 Å². The van der Waals surface area contributed by atoms with E-state index in [1.54, 1.807) is 0 Å². The van der Waals surface area contributed by atoms with Crippen LogP contribution in [0.4, 0.5) is 13.2 Å². The molecule has 3 amide bonds. The molecule has 0 spiro atoms. The molecule has 1 heterocycles. The van der Waals surface area contributed by atoms with Crippen molar-refractivity contribution in [1.29, 1.82) is 0 Å². The highest BCUT2D eigenvalue weighted by Gasteiger charge is 2.49. The van der Waals surface area contributed by atoms with Crippen LogP contribution >= 0.6 is 0 Å². The Labute approximate surface area is 70.3 Å². The largest absolute Gasteiger partial charge is 0.472 e. The van der Waals surface area contributed by atoms with E-state index in [1.165, 1.54) is 0 Å². The molecule has 1 rings (SSSR count). The molecule has 0 bridgehead atoms. The number of likely N-dealkylation sites (tertiary alicyclic amines) is 1. The van der Waals surface area contributed by atoms with Crippen molar-refractivity contribution < 1.29 is 27.6 Å². The van der Waals surface area contributed by atoms with Gasteiger partial charge in [0, 0.05) is 12.8 Å². The number of carbonyl (C=O) groups excluding carboxylic acids is 3. The average Bonchev–Trinajstić information content (AvgIpc) is 2.28. The van der Waals surface area contributed by atoms with Gasteiger partial charge in [0.25, 0.3) is 0 Å². The second kappa shape index (κ2) is 2.82. The van der Waals surface area contributed by atoms with Crippen LogP contribution in [0.5, 0.6) is 0 Å². The highest BCUT2D eigenvalue weighted by Crippen LogP contribution is 2.22. The van der Waals surface area contributed by atoms with Gasteiger partial charge in [-0.2, -0.15) is 13.2 Å². The van der Waals surface area contributed by atoms with Crippen molar-refractivity contribution in [2.75, 3.05) is 0 Å². The third-order valence-electron chi connectivity index (χ3n) is 1.50. The van der Waals surface area contributed by atoms with Crippen LogP contribution in [0.25, 0.3) is 0 Å². The lowest BCUT2D eigenvalue weighted by atomic mass is 10.4. The van der Waals surface area contributed by atoms with Gasteiger partial charge in [-0.1, -0.05) is 0 Å². The molecule has 4 nitrogen and oxygen atoms in total. The first kappa shape index (κ1) is 9.69. The Balaban J connectivity index is 2.89. The minimum atomic E-state index is -5.17. The zero-order valence-electron chi connectivity index (χ0n) is 6.22. The number of carbonyl (C=O) groups is 3. The Kier molecular flexibility index (Phi) is 2.10. The van der Waals surface area contributed by atoms with Crippen LogP contribution in [-0.2, 0) is 14.4 Å². The number of rotatable bonds is 0. The minimum absolute atomic E-state index is 0.333. The smallest absolute Gasteiger partial charge is 0.274 e. The average molecular weight is 195 g/mol. The molecule has 13 heavy (non-hydrogen) atoms. The standard InChI is InChI=1S/C6H4F3NO3/c7-6(8,9)5(13)10-3(11)1-2-4(10)12/h1-2H2. The number of amides is 3. The summed E-state index contributed by atoms with van der Waals surface area (Å²) in [5.74, 6) is -4.58. The molecule has 72 valence electrons. The van der Waals surface area contributed by atoms with Gasteiger partial charge in [-0.15, -0.1) is 0 Å². The van der Waals surface area contributed by atoms with E-state index in [0.29, 0.717) is 0 Å². The van der Waals surface area contributed by atoms with Crippen LogP contribution in [-0.4, -0.2) is 28.8 Å². The summed E-state index contributed by atoms with van der Waals surface area (Å²) in [6.07, 6.45) is -5.84. The van der Waals surface area contributed by atoms with Crippen LogP contribution in [0.3, 0.4) is 0 Å². The number of nitrogens with zero attached hydrogens (tertiary/aromatic N) is 1. The molecular formula is C6H4F3NO3. The van der Waals surface area contributed by atoms with Gasteiger partial charge in [-0.25, -0.2) is 4.90 Å². The molecule has 1 saturated heterocycles. The highest BCUT2D eigenvalue weighted by atomic mass is 19.4. The molecule has 1 aliphatic heterocycles. The van der Waals surface area contributed by atoms with E-state index in [4.69, 9.17) is 0 Å². The molecule has 0 aliphatic carbocycles. The molecule has 0 aromatic carbocycles. The van der Waals surface area contributed by atoms with Crippen LogP contribution in [0.2, 0.25) is 0 Å². The molecule has 0 N–H and O–H groups in total. The molecule has 0 atom stereocenters. The normalized spacial score (nSPS) is 18.2. The summed E-state index contributed by atoms with van der Waals surface area (Å²) in [5, 5.41) is 0. The number of halogens is 3. The lowest BCUT2D eigenvalue weighted by molar-refractivity contribution is -0.187. The van der Waals surface area contributed by atoms with Gasteiger partial charge in [0.1, 0.15) is 0 Å². The fourth-order valence-electron chi connectivity index (χ4n) is 0.930. The summed E-state index contributed by atoms with van der Waals surface area (Å²) < 4.78 is 35.3. The molecule has 0 aromatic heterocycles. The van der Waals surface area contributed by atoms with Crippen molar-refractivity contribution in [3.63, 3.8) is 0 Å². The van der Waals surface area contributed by atoms with Gasteiger partial charge in [0.05, 0.1) is 0 Å². The topological polar surface area (TPSA) is 54.5 Å². The molecule has 1 aliphatic rings. The summed E-state index contributed by atoms with van der Waals surface area (Å²) >= 11 is 0. The SMILES string of the molecule is O=C1CCC(=O)N1C(=O)C(F)(F)F. The van der Waals surface area contributed by atoms with Gasteiger partial charge < -0.3 is 0 Å². The van der Waals surface area contributed by atoms with E-state index < -0.39 is 23.9 Å². The maximum atomic E-state index is 11.8. The zero-order chi connectivity index (χ0) is 10.2. The van der Waals surface area contributed by atoms with E-state index in [9.17, 15) is 27.6 Å². The summed E-state index contributed by atoms with van der Waals surface area (Å²) in [7, 11) is 0. The van der Waals surface area contributed by atoms with E-state index in [2.05, 4.69) is 0 Å².